The van der Waals surface area contributed by atoms with E-state index in [9.17, 15) is 4.79 Å². The summed E-state index contributed by atoms with van der Waals surface area (Å²) >= 11 is 7.54. The van der Waals surface area contributed by atoms with Gasteiger partial charge in [0.15, 0.2) is 10.8 Å². The van der Waals surface area contributed by atoms with Crippen LogP contribution in [0.1, 0.15) is 16.8 Å². The fourth-order valence-corrected chi connectivity index (χ4v) is 4.37. The van der Waals surface area contributed by atoms with Crippen LogP contribution in [0.2, 0.25) is 5.02 Å². The number of aryl methyl sites for hydroxylation is 2. The molecule has 0 saturated heterocycles. The fraction of sp³-hybridized carbons (Fsp3) is 0.227. The number of likely N-dealkylation sites (N-methyl/N-ethyl adjacent to an activating group) is 1. The lowest BCUT2D eigenvalue weighted by Gasteiger charge is -2.15. The number of thiazole rings is 1. The van der Waals surface area contributed by atoms with Gasteiger partial charge in [-0.25, -0.2) is 4.68 Å². The molecule has 6 nitrogen and oxygen atoms in total. The van der Waals surface area contributed by atoms with Gasteiger partial charge >= 0.3 is 0 Å². The Morgan fingerprint density at radius 2 is 2.00 bits per heavy atom. The van der Waals surface area contributed by atoms with Gasteiger partial charge in [0.25, 0.3) is 0 Å². The maximum Gasteiger partial charge on any atom is 0.239 e. The number of halogens is 1. The molecule has 4 aromatic rings. The average Bonchev–Trinajstić information content (AvgIpc) is 3.27. The monoisotopic (exact) mass is 439 g/mol. The van der Waals surface area contributed by atoms with Gasteiger partial charge in [-0.2, -0.15) is 10.1 Å². The third-order valence-corrected chi connectivity index (χ3v) is 6.21. The van der Waals surface area contributed by atoms with Crippen molar-refractivity contribution in [3.8, 4) is 5.69 Å². The molecule has 4 rings (SSSR count). The van der Waals surface area contributed by atoms with E-state index in [4.69, 9.17) is 16.6 Å². The number of nitrogens with one attached hydrogen (secondary N) is 1. The largest absolute Gasteiger partial charge is 0.350 e. The van der Waals surface area contributed by atoms with Crippen molar-refractivity contribution in [1.82, 2.24) is 20.1 Å². The van der Waals surface area contributed by atoms with Crippen molar-refractivity contribution in [1.29, 1.82) is 0 Å². The molecule has 0 aliphatic rings. The van der Waals surface area contributed by atoms with Gasteiger partial charge in [0.1, 0.15) is 0 Å². The van der Waals surface area contributed by atoms with Gasteiger partial charge in [-0.05, 0) is 49.2 Å². The average molecular weight is 440 g/mol. The molecular weight excluding hydrogens is 418 g/mol. The highest BCUT2D eigenvalue weighted by Gasteiger charge is 2.18. The number of aromatic nitrogens is 3. The number of benzene rings is 2. The van der Waals surface area contributed by atoms with Crippen LogP contribution in [-0.4, -0.2) is 34.3 Å². The zero-order valence-corrected chi connectivity index (χ0v) is 18.6. The van der Waals surface area contributed by atoms with Gasteiger partial charge in [-0.15, -0.1) is 0 Å². The van der Waals surface area contributed by atoms with Gasteiger partial charge < -0.3 is 10.2 Å². The van der Waals surface area contributed by atoms with Crippen molar-refractivity contribution in [2.75, 3.05) is 18.5 Å². The van der Waals surface area contributed by atoms with Crippen molar-refractivity contribution >= 4 is 44.3 Å². The second kappa shape index (κ2) is 8.45. The highest BCUT2D eigenvalue weighted by molar-refractivity contribution is 7.22. The normalized spacial score (nSPS) is 11.1. The highest BCUT2D eigenvalue weighted by Crippen LogP contribution is 2.32. The molecule has 1 amide bonds. The number of carbonyl (C=O) groups is 1. The van der Waals surface area contributed by atoms with Crippen LogP contribution in [0, 0.1) is 13.8 Å². The molecule has 0 atom stereocenters. The first kappa shape index (κ1) is 20.4. The van der Waals surface area contributed by atoms with Crippen molar-refractivity contribution < 1.29 is 4.79 Å². The Morgan fingerprint density at radius 1 is 1.20 bits per heavy atom. The Balaban J connectivity index is 1.49. The Labute approximate surface area is 184 Å². The first-order valence-electron chi connectivity index (χ1n) is 9.56. The molecule has 0 unspecified atom stereocenters. The summed E-state index contributed by atoms with van der Waals surface area (Å²) in [4.78, 5) is 19.0. The van der Waals surface area contributed by atoms with E-state index in [0.717, 1.165) is 38.0 Å². The lowest BCUT2D eigenvalue weighted by atomic mass is 10.2. The third-order valence-electron chi connectivity index (χ3n) is 4.71. The van der Waals surface area contributed by atoms with E-state index in [-0.39, 0.29) is 12.5 Å². The van der Waals surface area contributed by atoms with Crippen molar-refractivity contribution in [2.24, 2.45) is 0 Å². The van der Waals surface area contributed by atoms with Gasteiger partial charge in [0.2, 0.25) is 5.91 Å². The van der Waals surface area contributed by atoms with E-state index in [1.54, 1.807) is 11.3 Å². The summed E-state index contributed by atoms with van der Waals surface area (Å²) < 4.78 is 2.89. The van der Waals surface area contributed by atoms with E-state index in [1.165, 1.54) is 0 Å². The number of nitrogens with zero attached hydrogens (tertiary/aromatic N) is 4. The highest BCUT2D eigenvalue weighted by atomic mass is 35.5. The first-order valence-corrected chi connectivity index (χ1v) is 10.8. The standard InChI is InChI=1S/C22H22ClN5OS/c1-14-6-4-9-18(10-14)28-21-20(15(2)26-28)30-22(25-21)27(3)13-19(29)24-12-16-7-5-8-17(23)11-16/h4-11H,12-13H2,1-3H3,(H,24,29). The van der Waals surface area contributed by atoms with Crippen LogP contribution in [0.4, 0.5) is 5.13 Å². The molecular formula is C22H22ClN5OS. The smallest absolute Gasteiger partial charge is 0.239 e. The molecule has 0 saturated carbocycles. The molecule has 0 aliphatic carbocycles. The minimum Gasteiger partial charge on any atom is -0.350 e. The summed E-state index contributed by atoms with van der Waals surface area (Å²) in [6, 6.07) is 15.6. The quantitative estimate of drug-likeness (QED) is 0.480. The molecule has 30 heavy (non-hydrogen) atoms. The molecule has 0 aliphatic heterocycles. The molecule has 2 aromatic carbocycles. The lowest BCUT2D eigenvalue weighted by molar-refractivity contribution is -0.119. The van der Waals surface area contributed by atoms with Gasteiger partial charge in [0, 0.05) is 18.6 Å². The topological polar surface area (TPSA) is 63.1 Å². The maximum absolute atomic E-state index is 12.4. The predicted octanol–water partition coefficient (Wildman–Crippen LogP) is 4.50. The van der Waals surface area contributed by atoms with Gasteiger partial charge in [-0.3, -0.25) is 4.79 Å². The second-order valence-electron chi connectivity index (χ2n) is 7.25. The summed E-state index contributed by atoms with van der Waals surface area (Å²) in [6.45, 7) is 4.69. The van der Waals surface area contributed by atoms with Crippen LogP contribution >= 0.6 is 22.9 Å². The van der Waals surface area contributed by atoms with Crippen LogP contribution in [0.5, 0.6) is 0 Å². The molecule has 154 valence electrons. The Hall–Kier alpha value is -2.90. The second-order valence-corrected chi connectivity index (χ2v) is 8.66. The van der Waals surface area contributed by atoms with Crippen molar-refractivity contribution in [3.63, 3.8) is 0 Å². The maximum atomic E-state index is 12.4. The number of carbonyl (C=O) groups excluding carboxylic acids is 1. The molecule has 8 heteroatoms. The molecule has 0 fully saturated rings. The minimum absolute atomic E-state index is 0.0752. The van der Waals surface area contributed by atoms with E-state index in [2.05, 4.69) is 29.5 Å². The fourth-order valence-electron chi connectivity index (χ4n) is 3.21. The molecule has 2 heterocycles. The Kier molecular flexibility index (Phi) is 5.74. The summed E-state index contributed by atoms with van der Waals surface area (Å²) in [5.41, 5.74) is 4.84. The van der Waals surface area contributed by atoms with Gasteiger partial charge in [-0.1, -0.05) is 47.2 Å². The zero-order chi connectivity index (χ0) is 21.3. The molecule has 0 radical (unpaired) electrons. The van der Waals surface area contributed by atoms with Crippen LogP contribution in [0.15, 0.2) is 48.5 Å². The van der Waals surface area contributed by atoms with Crippen molar-refractivity contribution in [2.45, 2.75) is 20.4 Å². The molecule has 2 aromatic heterocycles. The van der Waals surface area contributed by atoms with E-state index < -0.39 is 0 Å². The SMILES string of the molecule is Cc1cccc(-n2nc(C)c3sc(N(C)CC(=O)NCc4cccc(Cl)c4)nc32)c1. The summed E-state index contributed by atoms with van der Waals surface area (Å²) in [6.07, 6.45) is 0. The van der Waals surface area contributed by atoms with Crippen molar-refractivity contribution in [3.05, 3.63) is 70.4 Å². The number of fused-ring (bicyclic) bond motifs is 1. The van der Waals surface area contributed by atoms with Crippen LogP contribution in [-0.2, 0) is 11.3 Å². The Bertz CT molecular complexity index is 1220. The van der Waals surface area contributed by atoms with Crippen LogP contribution in [0.25, 0.3) is 16.0 Å². The van der Waals surface area contributed by atoms with Gasteiger partial charge in [0.05, 0.1) is 22.6 Å². The number of rotatable bonds is 6. The van der Waals surface area contributed by atoms with E-state index in [0.29, 0.717) is 11.6 Å². The van der Waals surface area contributed by atoms with Crippen LogP contribution in [0.3, 0.4) is 0 Å². The molecule has 0 spiro atoms. The van der Waals surface area contributed by atoms with E-state index >= 15 is 0 Å². The number of hydrogen-bond donors (Lipinski definition) is 1. The minimum atomic E-state index is -0.0752. The summed E-state index contributed by atoms with van der Waals surface area (Å²) in [5.74, 6) is -0.0752. The first-order chi connectivity index (χ1) is 14.4. The number of hydrogen-bond acceptors (Lipinski definition) is 5. The van der Waals surface area contributed by atoms with E-state index in [1.807, 2.05) is 60.0 Å². The Morgan fingerprint density at radius 3 is 2.77 bits per heavy atom. The predicted molar refractivity (Wildman–Crippen MR) is 123 cm³/mol. The summed E-state index contributed by atoms with van der Waals surface area (Å²) in [7, 11) is 1.87. The number of anilines is 1. The third kappa shape index (κ3) is 4.32. The lowest BCUT2D eigenvalue weighted by Crippen LogP contribution is -2.34. The number of amides is 1. The molecule has 1 N–H and O–H groups in total. The zero-order valence-electron chi connectivity index (χ0n) is 17.0. The van der Waals surface area contributed by atoms with Crippen LogP contribution < -0.4 is 10.2 Å². The molecule has 0 bridgehead atoms. The summed E-state index contributed by atoms with van der Waals surface area (Å²) in [5, 5.41) is 9.02.